The number of aliphatic hydroxyl groups is 1. The van der Waals surface area contributed by atoms with Crippen LogP contribution in [0, 0.1) is 5.92 Å². The monoisotopic (exact) mass is 249 g/mol. The van der Waals surface area contributed by atoms with Gasteiger partial charge in [-0.05, 0) is 24.6 Å². The third kappa shape index (κ3) is 2.20. The number of nitrogens with zero attached hydrogens (tertiary/aromatic N) is 1. The number of ether oxygens (including phenoxy) is 1. The van der Waals surface area contributed by atoms with Gasteiger partial charge in [0.1, 0.15) is 5.75 Å². The van der Waals surface area contributed by atoms with E-state index < -0.39 is 6.10 Å². The first-order valence-electron chi connectivity index (χ1n) is 6.22. The van der Waals surface area contributed by atoms with Gasteiger partial charge in [-0.3, -0.25) is 4.79 Å². The summed E-state index contributed by atoms with van der Waals surface area (Å²) in [6, 6.07) is 5.47. The zero-order valence-corrected chi connectivity index (χ0v) is 11.0. The molecule has 1 amide bonds. The zero-order valence-electron chi connectivity index (χ0n) is 11.0. The minimum atomic E-state index is -0.522. The average Bonchev–Trinajstić information content (AvgIpc) is 2.38. The van der Waals surface area contributed by atoms with Crippen molar-refractivity contribution in [2.75, 3.05) is 18.6 Å². The van der Waals surface area contributed by atoms with Crippen molar-refractivity contribution in [1.82, 2.24) is 0 Å². The van der Waals surface area contributed by atoms with E-state index in [4.69, 9.17) is 4.74 Å². The molecule has 1 aliphatic heterocycles. The number of anilines is 1. The molecule has 0 aliphatic carbocycles. The van der Waals surface area contributed by atoms with Gasteiger partial charge in [-0.15, -0.1) is 0 Å². The first kappa shape index (κ1) is 12.9. The van der Waals surface area contributed by atoms with Crippen molar-refractivity contribution in [1.29, 1.82) is 0 Å². The third-order valence-electron chi connectivity index (χ3n) is 3.27. The van der Waals surface area contributed by atoms with Gasteiger partial charge in [-0.1, -0.05) is 13.8 Å². The molecule has 1 aromatic rings. The van der Waals surface area contributed by atoms with E-state index >= 15 is 0 Å². The molecule has 0 aromatic heterocycles. The van der Waals surface area contributed by atoms with E-state index in [0.29, 0.717) is 18.7 Å². The molecule has 0 radical (unpaired) electrons. The molecular formula is C14H19NO3. The van der Waals surface area contributed by atoms with Gasteiger partial charge >= 0.3 is 0 Å². The fraction of sp³-hybridized carbons (Fsp3) is 0.500. The van der Waals surface area contributed by atoms with Crippen molar-refractivity contribution < 1.29 is 14.6 Å². The fourth-order valence-corrected chi connectivity index (χ4v) is 2.24. The largest absolute Gasteiger partial charge is 0.497 e. The van der Waals surface area contributed by atoms with E-state index in [1.54, 1.807) is 18.1 Å². The quantitative estimate of drug-likeness (QED) is 0.873. The second kappa shape index (κ2) is 4.98. The lowest BCUT2D eigenvalue weighted by atomic mass is 9.97. The van der Waals surface area contributed by atoms with Gasteiger partial charge in [0, 0.05) is 23.7 Å². The maximum absolute atomic E-state index is 12.1. The summed E-state index contributed by atoms with van der Waals surface area (Å²) in [5.41, 5.74) is 1.57. The van der Waals surface area contributed by atoms with Gasteiger partial charge < -0.3 is 14.7 Å². The Morgan fingerprint density at radius 2 is 2.22 bits per heavy atom. The summed E-state index contributed by atoms with van der Waals surface area (Å²) in [6.07, 6.45) is 0.0461. The average molecular weight is 249 g/mol. The summed E-state index contributed by atoms with van der Waals surface area (Å²) >= 11 is 0. The van der Waals surface area contributed by atoms with E-state index in [1.165, 1.54) is 0 Å². The Bertz CT molecular complexity index is 456. The van der Waals surface area contributed by atoms with Gasteiger partial charge in [0.2, 0.25) is 5.91 Å². The Labute approximate surface area is 107 Å². The molecular weight excluding hydrogens is 230 g/mol. The number of methoxy groups -OCH3 is 1. The molecule has 18 heavy (non-hydrogen) atoms. The SMILES string of the molecule is COc1ccc2c(c1)C(O)CCN2C(=O)C(C)C. The van der Waals surface area contributed by atoms with Crippen LogP contribution < -0.4 is 9.64 Å². The van der Waals surface area contributed by atoms with E-state index in [-0.39, 0.29) is 11.8 Å². The van der Waals surface area contributed by atoms with Crippen LogP contribution in [0.3, 0.4) is 0 Å². The van der Waals surface area contributed by atoms with Crippen molar-refractivity contribution in [3.8, 4) is 5.75 Å². The van der Waals surface area contributed by atoms with Gasteiger partial charge in [-0.2, -0.15) is 0 Å². The highest BCUT2D eigenvalue weighted by Gasteiger charge is 2.28. The van der Waals surface area contributed by atoms with Crippen LogP contribution in [0.5, 0.6) is 5.75 Å². The summed E-state index contributed by atoms with van der Waals surface area (Å²) in [4.78, 5) is 13.9. The Hall–Kier alpha value is -1.55. The molecule has 1 atom stereocenters. The topological polar surface area (TPSA) is 49.8 Å². The standard InChI is InChI=1S/C14H19NO3/c1-9(2)14(17)15-7-6-13(16)11-8-10(18-3)4-5-12(11)15/h4-5,8-9,13,16H,6-7H2,1-3H3. The van der Waals surface area contributed by atoms with Gasteiger partial charge in [0.25, 0.3) is 0 Å². The molecule has 1 N–H and O–H groups in total. The number of rotatable bonds is 2. The highest BCUT2D eigenvalue weighted by Crippen LogP contribution is 2.36. The normalized spacial score (nSPS) is 18.7. The van der Waals surface area contributed by atoms with Crippen LogP contribution in [-0.2, 0) is 4.79 Å². The first-order valence-corrected chi connectivity index (χ1v) is 6.22. The van der Waals surface area contributed by atoms with Crippen molar-refractivity contribution in [3.05, 3.63) is 23.8 Å². The predicted octanol–water partition coefficient (Wildman–Crippen LogP) is 2.12. The zero-order chi connectivity index (χ0) is 13.3. The third-order valence-corrected chi connectivity index (χ3v) is 3.27. The van der Waals surface area contributed by atoms with E-state index in [2.05, 4.69) is 0 Å². The molecule has 2 rings (SSSR count). The Balaban J connectivity index is 2.41. The van der Waals surface area contributed by atoms with E-state index in [0.717, 1.165) is 11.3 Å². The van der Waals surface area contributed by atoms with Crippen molar-refractivity contribution in [3.63, 3.8) is 0 Å². The number of aliphatic hydroxyl groups excluding tert-OH is 1. The van der Waals surface area contributed by atoms with Crippen LogP contribution in [0.1, 0.15) is 31.9 Å². The number of benzene rings is 1. The minimum Gasteiger partial charge on any atom is -0.497 e. The maximum Gasteiger partial charge on any atom is 0.229 e. The molecule has 4 nitrogen and oxygen atoms in total. The Kier molecular flexibility index (Phi) is 3.57. The summed E-state index contributed by atoms with van der Waals surface area (Å²) in [7, 11) is 1.59. The molecule has 98 valence electrons. The van der Waals surface area contributed by atoms with Crippen LogP contribution in [0.4, 0.5) is 5.69 Å². The van der Waals surface area contributed by atoms with Crippen molar-refractivity contribution in [2.24, 2.45) is 5.92 Å². The lowest BCUT2D eigenvalue weighted by molar-refractivity contribution is -0.121. The molecule has 4 heteroatoms. The van der Waals surface area contributed by atoms with Crippen LogP contribution in [0.25, 0.3) is 0 Å². The van der Waals surface area contributed by atoms with Crippen molar-refractivity contribution in [2.45, 2.75) is 26.4 Å². The summed E-state index contributed by atoms with van der Waals surface area (Å²) in [5.74, 6) is 0.746. The van der Waals surface area contributed by atoms with Gasteiger partial charge in [-0.25, -0.2) is 0 Å². The lowest BCUT2D eigenvalue weighted by Gasteiger charge is -2.33. The summed E-state index contributed by atoms with van der Waals surface area (Å²) in [5, 5.41) is 10.0. The van der Waals surface area contributed by atoms with Crippen molar-refractivity contribution >= 4 is 11.6 Å². The lowest BCUT2D eigenvalue weighted by Crippen LogP contribution is -2.39. The number of hydrogen-bond acceptors (Lipinski definition) is 3. The molecule has 1 heterocycles. The van der Waals surface area contributed by atoms with Crippen LogP contribution in [0.2, 0.25) is 0 Å². The molecule has 1 aromatic carbocycles. The first-order chi connectivity index (χ1) is 8.54. The van der Waals surface area contributed by atoms with Gasteiger partial charge in [0.15, 0.2) is 0 Å². The van der Waals surface area contributed by atoms with Crippen LogP contribution in [0.15, 0.2) is 18.2 Å². The van der Waals surface area contributed by atoms with Crippen LogP contribution >= 0.6 is 0 Å². The molecule has 0 bridgehead atoms. The molecule has 1 aliphatic rings. The summed E-state index contributed by atoms with van der Waals surface area (Å²) < 4.78 is 5.16. The Morgan fingerprint density at radius 3 is 2.83 bits per heavy atom. The van der Waals surface area contributed by atoms with E-state index in [9.17, 15) is 9.90 Å². The van der Waals surface area contributed by atoms with Gasteiger partial charge in [0.05, 0.1) is 13.2 Å². The maximum atomic E-state index is 12.1. The Morgan fingerprint density at radius 1 is 1.50 bits per heavy atom. The summed E-state index contributed by atoms with van der Waals surface area (Å²) in [6.45, 7) is 4.34. The number of amides is 1. The molecule has 0 saturated carbocycles. The smallest absolute Gasteiger partial charge is 0.229 e. The number of hydrogen-bond donors (Lipinski definition) is 1. The van der Waals surface area contributed by atoms with Crippen LogP contribution in [-0.4, -0.2) is 24.7 Å². The number of carbonyl (C=O) groups is 1. The second-order valence-electron chi connectivity index (χ2n) is 4.87. The second-order valence-corrected chi connectivity index (χ2v) is 4.87. The number of carbonyl (C=O) groups excluding carboxylic acids is 1. The number of fused-ring (bicyclic) bond motifs is 1. The molecule has 0 saturated heterocycles. The minimum absolute atomic E-state index is 0.0461. The molecule has 1 unspecified atom stereocenters. The predicted molar refractivity (Wildman–Crippen MR) is 69.8 cm³/mol. The highest BCUT2D eigenvalue weighted by atomic mass is 16.5. The molecule has 0 spiro atoms. The fourth-order valence-electron chi connectivity index (χ4n) is 2.24. The molecule has 0 fully saturated rings. The highest BCUT2D eigenvalue weighted by molar-refractivity contribution is 5.96. The van der Waals surface area contributed by atoms with E-state index in [1.807, 2.05) is 26.0 Å².